The SMILES string of the molecule is O=C(O)c1cc(S(=O)(=O)Nc2cccc(NC(=O)C3CC3)c2)ccc1Cl. The van der Waals surface area contributed by atoms with Crippen LogP contribution in [0.2, 0.25) is 5.02 Å². The van der Waals surface area contributed by atoms with Gasteiger partial charge in [-0.3, -0.25) is 9.52 Å². The molecule has 0 atom stereocenters. The lowest BCUT2D eigenvalue weighted by Gasteiger charge is -2.11. The van der Waals surface area contributed by atoms with Crippen LogP contribution in [0.5, 0.6) is 0 Å². The number of carbonyl (C=O) groups excluding carboxylic acids is 1. The number of carboxylic acid groups (broad SMARTS) is 1. The molecule has 136 valence electrons. The molecule has 0 radical (unpaired) electrons. The molecule has 0 aromatic heterocycles. The van der Waals surface area contributed by atoms with Crippen LogP contribution in [-0.4, -0.2) is 25.4 Å². The Morgan fingerprint density at radius 2 is 1.77 bits per heavy atom. The lowest BCUT2D eigenvalue weighted by atomic mass is 10.2. The van der Waals surface area contributed by atoms with Gasteiger partial charge in [0.1, 0.15) is 0 Å². The van der Waals surface area contributed by atoms with Gasteiger partial charge in [0.25, 0.3) is 10.0 Å². The molecule has 26 heavy (non-hydrogen) atoms. The van der Waals surface area contributed by atoms with E-state index in [1.807, 2.05) is 0 Å². The first-order chi connectivity index (χ1) is 12.3. The Morgan fingerprint density at radius 3 is 2.42 bits per heavy atom. The van der Waals surface area contributed by atoms with E-state index in [0.29, 0.717) is 5.69 Å². The number of aromatic carboxylic acids is 1. The summed E-state index contributed by atoms with van der Waals surface area (Å²) in [5.74, 6) is -1.38. The Bertz CT molecular complexity index is 986. The smallest absolute Gasteiger partial charge is 0.337 e. The highest BCUT2D eigenvalue weighted by molar-refractivity contribution is 7.92. The van der Waals surface area contributed by atoms with Gasteiger partial charge >= 0.3 is 5.97 Å². The van der Waals surface area contributed by atoms with Crippen molar-refractivity contribution < 1.29 is 23.1 Å². The van der Waals surface area contributed by atoms with Gasteiger partial charge in [-0.1, -0.05) is 17.7 Å². The van der Waals surface area contributed by atoms with Crippen molar-refractivity contribution in [3.05, 3.63) is 53.1 Å². The third-order valence-corrected chi connectivity index (χ3v) is 5.52. The van der Waals surface area contributed by atoms with E-state index in [0.717, 1.165) is 18.9 Å². The van der Waals surface area contributed by atoms with Gasteiger partial charge in [-0.05, 0) is 49.2 Å². The quantitative estimate of drug-likeness (QED) is 0.696. The molecule has 0 spiro atoms. The molecule has 0 heterocycles. The van der Waals surface area contributed by atoms with Crippen LogP contribution in [-0.2, 0) is 14.8 Å². The van der Waals surface area contributed by atoms with E-state index >= 15 is 0 Å². The van der Waals surface area contributed by atoms with Crippen molar-refractivity contribution in [1.29, 1.82) is 0 Å². The summed E-state index contributed by atoms with van der Waals surface area (Å²) in [6, 6.07) is 9.70. The fourth-order valence-corrected chi connectivity index (χ4v) is 3.57. The second-order valence-corrected chi connectivity index (χ2v) is 7.99. The van der Waals surface area contributed by atoms with Gasteiger partial charge < -0.3 is 10.4 Å². The summed E-state index contributed by atoms with van der Waals surface area (Å²) < 4.78 is 27.4. The zero-order valence-corrected chi connectivity index (χ0v) is 15.0. The predicted octanol–water partition coefficient (Wildman–Crippen LogP) is 3.19. The molecule has 0 saturated heterocycles. The molecule has 1 aliphatic carbocycles. The van der Waals surface area contributed by atoms with Crippen LogP contribution in [0, 0.1) is 5.92 Å². The second-order valence-electron chi connectivity index (χ2n) is 5.90. The van der Waals surface area contributed by atoms with Crippen molar-refractivity contribution >= 4 is 44.9 Å². The van der Waals surface area contributed by atoms with Crippen molar-refractivity contribution in [2.24, 2.45) is 5.92 Å². The van der Waals surface area contributed by atoms with Crippen LogP contribution < -0.4 is 10.0 Å². The number of sulfonamides is 1. The normalized spacial score (nSPS) is 13.9. The van der Waals surface area contributed by atoms with Crippen LogP contribution in [0.4, 0.5) is 11.4 Å². The fourth-order valence-electron chi connectivity index (χ4n) is 2.30. The van der Waals surface area contributed by atoms with Gasteiger partial charge in [-0.2, -0.15) is 0 Å². The Labute approximate surface area is 155 Å². The molecule has 3 N–H and O–H groups in total. The third kappa shape index (κ3) is 4.14. The van der Waals surface area contributed by atoms with Crippen LogP contribution >= 0.6 is 11.6 Å². The molecule has 7 nitrogen and oxygen atoms in total. The highest BCUT2D eigenvalue weighted by atomic mass is 35.5. The minimum atomic E-state index is -4.02. The Morgan fingerprint density at radius 1 is 1.08 bits per heavy atom. The van der Waals surface area contributed by atoms with Crippen molar-refractivity contribution in [3.8, 4) is 0 Å². The van der Waals surface area contributed by atoms with Crippen LogP contribution in [0.1, 0.15) is 23.2 Å². The minimum absolute atomic E-state index is 0.0267. The highest BCUT2D eigenvalue weighted by Crippen LogP contribution is 2.30. The summed E-state index contributed by atoms with van der Waals surface area (Å²) in [6.07, 6.45) is 1.72. The van der Waals surface area contributed by atoms with Crippen molar-refractivity contribution in [3.63, 3.8) is 0 Å². The minimum Gasteiger partial charge on any atom is -0.478 e. The number of carboxylic acids is 1. The van der Waals surface area contributed by atoms with Crippen molar-refractivity contribution in [1.82, 2.24) is 0 Å². The molecule has 1 amide bonds. The van der Waals surface area contributed by atoms with Gasteiger partial charge in [-0.15, -0.1) is 0 Å². The number of benzene rings is 2. The van der Waals surface area contributed by atoms with Crippen molar-refractivity contribution in [2.45, 2.75) is 17.7 Å². The molecule has 0 aliphatic heterocycles. The van der Waals surface area contributed by atoms with E-state index in [9.17, 15) is 18.0 Å². The molecule has 1 saturated carbocycles. The average Bonchev–Trinajstić information content (AvgIpc) is 3.39. The first-order valence-electron chi connectivity index (χ1n) is 7.73. The van der Waals surface area contributed by atoms with E-state index in [1.54, 1.807) is 12.1 Å². The topological polar surface area (TPSA) is 113 Å². The van der Waals surface area contributed by atoms with Gasteiger partial charge in [0.15, 0.2) is 0 Å². The van der Waals surface area contributed by atoms with E-state index in [-0.39, 0.29) is 33.0 Å². The lowest BCUT2D eigenvalue weighted by Crippen LogP contribution is -2.15. The molecule has 1 fully saturated rings. The standard InChI is InChI=1S/C17H15ClN2O5S/c18-15-7-6-13(9-14(15)17(22)23)26(24,25)20-12-3-1-2-11(8-12)19-16(21)10-4-5-10/h1-3,6-10,20H,4-5H2,(H,19,21)(H,22,23). The largest absolute Gasteiger partial charge is 0.478 e. The summed E-state index contributed by atoms with van der Waals surface area (Å²) in [4.78, 5) is 22.7. The Kier molecular flexibility index (Phi) is 4.88. The molecule has 2 aromatic rings. The molecule has 0 bridgehead atoms. The second kappa shape index (κ2) is 6.97. The van der Waals surface area contributed by atoms with Gasteiger partial charge in [0, 0.05) is 11.6 Å². The number of hydrogen-bond donors (Lipinski definition) is 3. The monoisotopic (exact) mass is 394 g/mol. The molecule has 1 aliphatic rings. The third-order valence-electron chi connectivity index (χ3n) is 3.81. The van der Waals surface area contributed by atoms with E-state index in [1.165, 1.54) is 24.3 Å². The predicted molar refractivity (Wildman–Crippen MR) is 97.0 cm³/mol. The van der Waals surface area contributed by atoms with Gasteiger partial charge in [0.2, 0.25) is 5.91 Å². The number of rotatable bonds is 6. The maximum atomic E-state index is 12.5. The van der Waals surface area contributed by atoms with E-state index < -0.39 is 16.0 Å². The molecule has 3 rings (SSSR count). The summed E-state index contributed by atoms with van der Waals surface area (Å²) >= 11 is 5.77. The Hall–Kier alpha value is -2.58. The van der Waals surface area contributed by atoms with Gasteiger partial charge in [-0.25, -0.2) is 13.2 Å². The molecular weight excluding hydrogens is 380 g/mol. The number of halogens is 1. The fraction of sp³-hybridized carbons (Fsp3) is 0.176. The van der Waals surface area contributed by atoms with Crippen LogP contribution in [0.25, 0.3) is 0 Å². The molecular formula is C17H15ClN2O5S. The van der Waals surface area contributed by atoms with E-state index in [4.69, 9.17) is 16.7 Å². The summed E-state index contributed by atoms with van der Waals surface area (Å²) in [6.45, 7) is 0. The molecule has 2 aromatic carbocycles. The Balaban J connectivity index is 1.82. The molecule has 0 unspecified atom stereocenters. The number of amides is 1. The maximum absolute atomic E-state index is 12.5. The van der Waals surface area contributed by atoms with Crippen LogP contribution in [0.3, 0.4) is 0 Å². The first-order valence-corrected chi connectivity index (χ1v) is 9.59. The average molecular weight is 395 g/mol. The van der Waals surface area contributed by atoms with Crippen molar-refractivity contribution in [2.75, 3.05) is 10.0 Å². The summed E-state index contributed by atoms with van der Waals surface area (Å²) in [5, 5.41) is 11.8. The summed E-state index contributed by atoms with van der Waals surface area (Å²) in [5.41, 5.74) is 0.412. The zero-order chi connectivity index (χ0) is 18.9. The lowest BCUT2D eigenvalue weighted by molar-refractivity contribution is -0.117. The number of anilines is 2. The highest BCUT2D eigenvalue weighted by Gasteiger charge is 2.29. The van der Waals surface area contributed by atoms with E-state index in [2.05, 4.69) is 10.0 Å². The van der Waals surface area contributed by atoms with Crippen LogP contribution in [0.15, 0.2) is 47.4 Å². The zero-order valence-electron chi connectivity index (χ0n) is 13.4. The number of nitrogens with one attached hydrogen (secondary N) is 2. The number of carbonyl (C=O) groups is 2. The molecule has 9 heteroatoms. The van der Waals surface area contributed by atoms with Gasteiger partial charge in [0.05, 0.1) is 21.2 Å². The number of hydrogen-bond acceptors (Lipinski definition) is 4. The first kappa shape index (κ1) is 18.2. The maximum Gasteiger partial charge on any atom is 0.337 e. The summed E-state index contributed by atoms with van der Waals surface area (Å²) in [7, 11) is -4.02.